The number of aromatic nitrogens is 2. The third-order valence-electron chi connectivity index (χ3n) is 5.03. The first kappa shape index (κ1) is 18.9. The number of fused-ring (bicyclic) bond motifs is 1. The highest BCUT2D eigenvalue weighted by atomic mass is 16.3. The predicted octanol–water partition coefficient (Wildman–Crippen LogP) is 1.55. The van der Waals surface area contributed by atoms with Crippen LogP contribution in [-0.4, -0.2) is 46.6 Å². The van der Waals surface area contributed by atoms with E-state index in [1.807, 2.05) is 24.3 Å². The summed E-state index contributed by atoms with van der Waals surface area (Å²) in [4.78, 5) is 23.9. The summed E-state index contributed by atoms with van der Waals surface area (Å²) in [6, 6.07) is 17.0. The fraction of sp³-hybridized carbons (Fsp3) is 0.286. The van der Waals surface area contributed by atoms with Gasteiger partial charge < -0.3 is 21.1 Å². The highest BCUT2D eigenvalue weighted by Gasteiger charge is 2.39. The Morgan fingerprint density at radius 3 is 2.62 bits per heavy atom. The molecule has 8 nitrogen and oxygen atoms in total. The van der Waals surface area contributed by atoms with Gasteiger partial charge in [0, 0.05) is 30.4 Å². The van der Waals surface area contributed by atoms with Crippen LogP contribution in [0.3, 0.4) is 0 Å². The summed E-state index contributed by atoms with van der Waals surface area (Å²) in [6.45, 7) is 0.280. The number of anilines is 1. The van der Waals surface area contributed by atoms with Gasteiger partial charge in [-0.15, -0.1) is 0 Å². The number of carbonyl (C=O) groups is 1. The van der Waals surface area contributed by atoms with Gasteiger partial charge in [-0.05, 0) is 18.1 Å². The molecule has 1 unspecified atom stereocenters. The molecule has 1 saturated carbocycles. The molecule has 1 aliphatic rings. The maximum Gasteiger partial charge on any atom is 0.315 e. The van der Waals surface area contributed by atoms with Gasteiger partial charge in [-0.1, -0.05) is 48.5 Å². The van der Waals surface area contributed by atoms with Crippen molar-refractivity contribution in [1.29, 1.82) is 0 Å². The van der Waals surface area contributed by atoms with E-state index in [0.29, 0.717) is 22.5 Å². The number of carbonyl (C=O) groups excluding carboxylic acids is 1. The summed E-state index contributed by atoms with van der Waals surface area (Å²) in [7, 11) is 0. The Hall–Kier alpha value is -3.39. The number of rotatable bonds is 7. The molecule has 1 aromatic heterocycles. The van der Waals surface area contributed by atoms with E-state index in [4.69, 9.17) is 0 Å². The highest BCUT2D eigenvalue weighted by molar-refractivity contribution is 5.90. The Labute approximate surface area is 167 Å². The monoisotopic (exact) mass is 393 g/mol. The molecular formula is C21H23N5O3. The molecule has 8 heteroatoms. The lowest BCUT2D eigenvalue weighted by atomic mass is 10.1. The number of hydrogen-bond donors (Lipinski definition) is 5. The van der Waals surface area contributed by atoms with Crippen molar-refractivity contribution in [3.63, 3.8) is 0 Å². The number of aliphatic hydroxyl groups is 1. The largest absolute Gasteiger partial charge is 0.389 e. The summed E-state index contributed by atoms with van der Waals surface area (Å²) >= 11 is 0. The fourth-order valence-corrected chi connectivity index (χ4v) is 3.39. The van der Waals surface area contributed by atoms with Gasteiger partial charge in [0.2, 0.25) is 0 Å². The van der Waals surface area contributed by atoms with E-state index in [9.17, 15) is 14.7 Å². The molecule has 1 heterocycles. The zero-order valence-corrected chi connectivity index (χ0v) is 15.8. The number of aromatic amines is 1. The number of nitrogens with zero attached hydrogens (tertiary/aromatic N) is 1. The van der Waals surface area contributed by atoms with Crippen LogP contribution in [0, 0.1) is 0 Å². The van der Waals surface area contributed by atoms with Crippen LogP contribution in [0.5, 0.6) is 0 Å². The van der Waals surface area contributed by atoms with Gasteiger partial charge in [-0.3, -0.25) is 4.79 Å². The zero-order chi connectivity index (χ0) is 20.2. The van der Waals surface area contributed by atoms with E-state index in [1.165, 1.54) is 5.56 Å². The molecule has 29 heavy (non-hydrogen) atoms. The molecule has 0 aliphatic heterocycles. The normalized spacial score (nSPS) is 18.8. The third kappa shape index (κ3) is 4.55. The first-order chi connectivity index (χ1) is 14.1. The lowest BCUT2D eigenvalue weighted by Gasteiger charge is -2.14. The summed E-state index contributed by atoms with van der Waals surface area (Å²) in [5, 5.41) is 26.4. The Balaban J connectivity index is 1.23. The third-order valence-corrected chi connectivity index (χ3v) is 5.03. The molecule has 1 aliphatic carbocycles. The van der Waals surface area contributed by atoms with Crippen molar-refractivity contribution >= 4 is 22.6 Å². The van der Waals surface area contributed by atoms with Crippen molar-refractivity contribution in [3.05, 3.63) is 70.5 Å². The van der Waals surface area contributed by atoms with Gasteiger partial charge in [0.15, 0.2) is 5.82 Å². The average molecular weight is 393 g/mol. The van der Waals surface area contributed by atoms with Crippen LogP contribution in [0.1, 0.15) is 17.9 Å². The lowest BCUT2D eigenvalue weighted by molar-refractivity contribution is 0.181. The van der Waals surface area contributed by atoms with Crippen LogP contribution in [0.25, 0.3) is 10.8 Å². The molecule has 0 bridgehead atoms. The van der Waals surface area contributed by atoms with Crippen molar-refractivity contribution in [2.24, 2.45) is 0 Å². The van der Waals surface area contributed by atoms with Gasteiger partial charge in [-0.25, -0.2) is 9.89 Å². The summed E-state index contributed by atoms with van der Waals surface area (Å²) in [5.74, 6) is 0.834. The van der Waals surface area contributed by atoms with Gasteiger partial charge in [-0.2, -0.15) is 5.10 Å². The van der Waals surface area contributed by atoms with Gasteiger partial charge in [0.05, 0.1) is 11.5 Å². The second-order valence-corrected chi connectivity index (χ2v) is 7.20. The molecule has 0 spiro atoms. The smallest absolute Gasteiger partial charge is 0.315 e. The van der Waals surface area contributed by atoms with E-state index >= 15 is 0 Å². The topological polar surface area (TPSA) is 119 Å². The first-order valence-electron chi connectivity index (χ1n) is 9.60. The maximum atomic E-state index is 12.1. The van der Waals surface area contributed by atoms with E-state index < -0.39 is 6.10 Å². The SMILES string of the molecule is O=C(NCC(O)CNc1n[nH]c(=O)c2ccccc12)N[C@H]1C[C@H]1c1ccccc1. The van der Waals surface area contributed by atoms with Crippen LogP contribution in [0.4, 0.5) is 10.6 Å². The second-order valence-electron chi connectivity index (χ2n) is 7.20. The Kier molecular flexibility index (Phi) is 5.44. The minimum Gasteiger partial charge on any atom is -0.389 e. The van der Waals surface area contributed by atoms with Crippen LogP contribution in [0.15, 0.2) is 59.4 Å². The molecular weight excluding hydrogens is 370 g/mol. The van der Waals surface area contributed by atoms with Crippen molar-refractivity contribution in [2.45, 2.75) is 24.5 Å². The number of amides is 2. The molecule has 0 radical (unpaired) electrons. The highest BCUT2D eigenvalue weighted by Crippen LogP contribution is 2.40. The number of aliphatic hydroxyl groups excluding tert-OH is 1. The Bertz CT molecular complexity index is 1050. The fourth-order valence-electron chi connectivity index (χ4n) is 3.39. The Morgan fingerprint density at radius 2 is 1.83 bits per heavy atom. The van der Waals surface area contributed by atoms with Crippen LogP contribution < -0.4 is 21.5 Å². The summed E-state index contributed by atoms with van der Waals surface area (Å²) in [6.07, 6.45) is 0.115. The Morgan fingerprint density at radius 1 is 1.10 bits per heavy atom. The van der Waals surface area contributed by atoms with E-state index in [-0.39, 0.29) is 30.7 Å². The maximum absolute atomic E-state index is 12.1. The number of H-pyrrole nitrogens is 1. The van der Waals surface area contributed by atoms with Crippen LogP contribution >= 0.6 is 0 Å². The predicted molar refractivity (Wildman–Crippen MR) is 111 cm³/mol. The van der Waals surface area contributed by atoms with E-state index in [0.717, 1.165) is 6.42 Å². The first-order valence-corrected chi connectivity index (χ1v) is 9.60. The second kappa shape index (κ2) is 8.32. The van der Waals surface area contributed by atoms with Crippen LogP contribution in [-0.2, 0) is 0 Å². The molecule has 5 N–H and O–H groups in total. The van der Waals surface area contributed by atoms with E-state index in [1.54, 1.807) is 18.2 Å². The number of benzene rings is 2. The number of nitrogens with one attached hydrogen (secondary N) is 4. The molecule has 4 rings (SSSR count). The lowest BCUT2D eigenvalue weighted by Crippen LogP contribution is -2.42. The van der Waals surface area contributed by atoms with Crippen LogP contribution in [0.2, 0.25) is 0 Å². The molecule has 3 aromatic rings. The van der Waals surface area contributed by atoms with Gasteiger partial charge in [0.25, 0.3) is 5.56 Å². The minimum absolute atomic E-state index is 0.100. The summed E-state index contributed by atoms with van der Waals surface area (Å²) < 4.78 is 0. The molecule has 1 fully saturated rings. The van der Waals surface area contributed by atoms with Gasteiger partial charge in [0.1, 0.15) is 0 Å². The number of urea groups is 1. The van der Waals surface area contributed by atoms with Gasteiger partial charge >= 0.3 is 6.03 Å². The standard InChI is InChI=1S/C21H23N5O3/c27-14(11-22-19-15-8-4-5-9-16(15)20(28)26-25-19)12-23-21(29)24-18-10-17(18)13-6-2-1-3-7-13/h1-9,14,17-18,27H,10-12H2,(H,22,25)(H,26,28)(H2,23,24,29)/t14?,17-,18-/m0/s1. The van der Waals surface area contributed by atoms with Crippen molar-refractivity contribution in [3.8, 4) is 0 Å². The van der Waals surface area contributed by atoms with Crippen molar-refractivity contribution < 1.29 is 9.90 Å². The minimum atomic E-state index is -0.808. The summed E-state index contributed by atoms with van der Waals surface area (Å²) in [5.41, 5.74) is 0.960. The molecule has 3 atom stereocenters. The quantitative estimate of drug-likeness (QED) is 0.417. The average Bonchev–Trinajstić information content (AvgIpc) is 3.51. The number of hydrogen-bond acceptors (Lipinski definition) is 5. The molecule has 0 saturated heterocycles. The molecule has 150 valence electrons. The molecule has 2 aromatic carbocycles. The van der Waals surface area contributed by atoms with E-state index in [2.05, 4.69) is 38.3 Å². The van der Waals surface area contributed by atoms with Crippen molar-refractivity contribution in [2.75, 3.05) is 18.4 Å². The molecule has 2 amide bonds. The zero-order valence-electron chi connectivity index (χ0n) is 15.8. The van der Waals surface area contributed by atoms with Crippen molar-refractivity contribution in [1.82, 2.24) is 20.8 Å².